The second kappa shape index (κ2) is 9.35. The number of hydrogen-bond acceptors (Lipinski definition) is 0. The van der Waals surface area contributed by atoms with Crippen LogP contribution in [0, 0.1) is 27.7 Å². The van der Waals surface area contributed by atoms with Gasteiger partial charge in [-0.1, -0.05) is 107 Å². The van der Waals surface area contributed by atoms with E-state index in [-0.39, 0.29) is 0 Å². The van der Waals surface area contributed by atoms with Gasteiger partial charge in [0.2, 0.25) is 0 Å². The molecule has 0 heteroatoms. The Bertz CT molecular complexity index is 1100. The van der Waals surface area contributed by atoms with Gasteiger partial charge in [-0.15, -0.1) is 0 Å². The fraction of sp³-hybridized carbons (Fsp3) is 0.226. The molecule has 0 aliphatic heterocycles. The minimum Gasteiger partial charge on any atom is -0.0617 e. The molecule has 0 radical (unpaired) electrons. The molecule has 0 amide bonds. The van der Waals surface area contributed by atoms with Gasteiger partial charge in [0.05, 0.1) is 0 Å². The van der Waals surface area contributed by atoms with Gasteiger partial charge in [0.1, 0.15) is 0 Å². The van der Waals surface area contributed by atoms with Crippen LogP contribution < -0.4 is 0 Å². The van der Waals surface area contributed by atoms with Crippen molar-refractivity contribution in [1.29, 1.82) is 0 Å². The van der Waals surface area contributed by atoms with Crippen LogP contribution in [-0.2, 0) is 19.3 Å². The highest BCUT2D eigenvalue weighted by Crippen LogP contribution is 2.21. The molecule has 0 bridgehead atoms. The minimum absolute atomic E-state index is 0.977. The normalized spacial score (nSPS) is 11.0. The van der Waals surface area contributed by atoms with Crippen LogP contribution in [0.25, 0.3) is 0 Å². The van der Waals surface area contributed by atoms with Crippen LogP contribution in [0.3, 0.4) is 0 Å². The van der Waals surface area contributed by atoms with E-state index in [9.17, 15) is 0 Å². The lowest BCUT2D eigenvalue weighted by Crippen LogP contribution is -1.97. The lowest BCUT2D eigenvalue weighted by molar-refractivity contribution is 1.10. The molecule has 0 aliphatic carbocycles. The van der Waals surface area contributed by atoms with Gasteiger partial charge in [-0.25, -0.2) is 0 Å². The fourth-order valence-electron chi connectivity index (χ4n) is 4.66. The Balaban J connectivity index is 1.56. The zero-order valence-corrected chi connectivity index (χ0v) is 19.2. The Hall–Kier alpha value is -3.12. The van der Waals surface area contributed by atoms with Gasteiger partial charge in [0.15, 0.2) is 0 Å². The Kier molecular flexibility index (Phi) is 6.37. The molecule has 0 nitrogen and oxygen atoms in total. The van der Waals surface area contributed by atoms with E-state index >= 15 is 0 Å². The summed E-state index contributed by atoms with van der Waals surface area (Å²) in [7, 11) is 0. The summed E-state index contributed by atoms with van der Waals surface area (Å²) >= 11 is 0. The highest BCUT2D eigenvalue weighted by atomic mass is 14.1. The topological polar surface area (TPSA) is 0 Å². The van der Waals surface area contributed by atoms with Gasteiger partial charge in [-0.2, -0.15) is 0 Å². The van der Waals surface area contributed by atoms with E-state index in [1.165, 1.54) is 55.6 Å². The van der Waals surface area contributed by atoms with Crippen LogP contribution in [0.5, 0.6) is 0 Å². The lowest BCUT2D eigenvalue weighted by Gasteiger charge is -2.11. The van der Waals surface area contributed by atoms with Gasteiger partial charge in [0.25, 0.3) is 0 Å². The first-order valence-corrected chi connectivity index (χ1v) is 11.2. The summed E-state index contributed by atoms with van der Waals surface area (Å²) in [5.41, 5.74) is 13.7. The Morgan fingerprint density at radius 3 is 1.03 bits per heavy atom. The van der Waals surface area contributed by atoms with E-state index in [2.05, 4.69) is 113 Å². The van der Waals surface area contributed by atoms with Crippen molar-refractivity contribution < 1.29 is 0 Å². The summed E-state index contributed by atoms with van der Waals surface area (Å²) in [6.45, 7) is 8.75. The van der Waals surface area contributed by atoms with Crippen molar-refractivity contribution in [3.63, 3.8) is 0 Å². The highest BCUT2D eigenvalue weighted by molar-refractivity contribution is 5.40. The maximum absolute atomic E-state index is 2.39. The zero-order chi connectivity index (χ0) is 21.8. The molecule has 0 spiro atoms. The van der Waals surface area contributed by atoms with Gasteiger partial charge in [-0.3, -0.25) is 0 Å². The van der Waals surface area contributed by atoms with Crippen molar-refractivity contribution >= 4 is 0 Å². The first kappa shape index (κ1) is 21.1. The predicted molar refractivity (Wildman–Crippen MR) is 133 cm³/mol. The Morgan fingerprint density at radius 1 is 0.355 bits per heavy atom. The molecule has 156 valence electrons. The molecule has 0 unspecified atom stereocenters. The predicted octanol–water partition coefficient (Wildman–Crippen LogP) is 7.69. The van der Waals surface area contributed by atoms with Gasteiger partial charge in [0, 0.05) is 0 Å². The molecule has 4 rings (SSSR count). The number of rotatable bonds is 6. The van der Waals surface area contributed by atoms with E-state index in [0.717, 1.165) is 19.3 Å². The van der Waals surface area contributed by atoms with Crippen molar-refractivity contribution in [3.05, 3.63) is 141 Å². The minimum atomic E-state index is 0.977. The van der Waals surface area contributed by atoms with Crippen molar-refractivity contribution in [2.24, 2.45) is 0 Å². The third-order valence-electron chi connectivity index (χ3n) is 5.78. The van der Waals surface area contributed by atoms with Crippen LogP contribution in [0.15, 0.2) is 84.9 Å². The van der Waals surface area contributed by atoms with E-state index in [4.69, 9.17) is 0 Å². The van der Waals surface area contributed by atoms with E-state index < -0.39 is 0 Å². The van der Waals surface area contributed by atoms with Crippen LogP contribution in [0.2, 0.25) is 0 Å². The summed E-state index contributed by atoms with van der Waals surface area (Å²) in [6, 6.07) is 31.8. The van der Waals surface area contributed by atoms with Gasteiger partial charge >= 0.3 is 0 Å². The monoisotopic (exact) mass is 404 g/mol. The molecule has 4 aromatic rings. The standard InChI is InChI=1S/C31H32/c1-22-7-5-9-26(11-22)17-28-13-24(3)15-30(19-28)21-31-16-25(4)14-29(20-31)18-27-10-6-8-23(2)12-27/h5-16,19-20H,17-18,21H2,1-4H3. The third kappa shape index (κ3) is 5.95. The van der Waals surface area contributed by atoms with E-state index in [1.807, 2.05) is 0 Å². The molecule has 0 aliphatic rings. The van der Waals surface area contributed by atoms with Crippen molar-refractivity contribution in [3.8, 4) is 0 Å². The molecule has 31 heavy (non-hydrogen) atoms. The third-order valence-corrected chi connectivity index (χ3v) is 5.78. The summed E-state index contributed by atoms with van der Waals surface area (Å²) in [4.78, 5) is 0. The van der Waals surface area contributed by atoms with E-state index in [0.29, 0.717) is 0 Å². The first-order valence-electron chi connectivity index (χ1n) is 11.2. The van der Waals surface area contributed by atoms with Crippen molar-refractivity contribution in [2.75, 3.05) is 0 Å². The molecule has 0 atom stereocenters. The summed E-state index contributed by atoms with van der Waals surface area (Å²) in [5, 5.41) is 0. The molecule has 0 saturated heterocycles. The number of aryl methyl sites for hydroxylation is 4. The fourth-order valence-corrected chi connectivity index (χ4v) is 4.66. The molecule has 0 aromatic heterocycles. The molecule has 0 fully saturated rings. The number of hydrogen-bond donors (Lipinski definition) is 0. The van der Waals surface area contributed by atoms with Crippen molar-refractivity contribution in [2.45, 2.75) is 47.0 Å². The zero-order valence-electron chi connectivity index (χ0n) is 19.2. The molecule has 0 N–H and O–H groups in total. The van der Waals surface area contributed by atoms with Crippen LogP contribution in [-0.4, -0.2) is 0 Å². The Morgan fingerprint density at radius 2 is 0.677 bits per heavy atom. The molecular weight excluding hydrogens is 372 g/mol. The van der Waals surface area contributed by atoms with Crippen LogP contribution in [0.1, 0.15) is 55.6 Å². The SMILES string of the molecule is Cc1cccc(Cc2cc(C)cc(Cc3cc(C)cc(Cc4cccc(C)c4)c3)c2)c1. The van der Waals surface area contributed by atoms with E-state index in [1.54, 1.807) is 0 Å². The Labute approximate surface area is 187 Å². The molecule has 4 aromatic carbocycles. The largest absolute Gasteiger partial charge is 0.0617 e. The van der Waals surface area contributed by atoms with Gasteiger partial charge in [-0.05, 0) is 80.3 Å². The van der Waals surface area contributed by atoms with Crippen molar-refractivity contribution in [1.82, 2.24) is 0 Å². The molecule has 0 saturated carbocycles. The lowest BCUT2D eigenvalue weighted by atomic mass is 9.94. The summed E-state index contributed by atoms with van der Waals surface area (Å²) < 4.78 is 0. The maximum Gasteiger partial charge on any atom is -0.00254 e. The second-order valence-electron chi connectivity index (χ2n) is 9.16. The van der Waals surface area contributed by atoms with Crippen LogP contribution >= 0.6 is 0 Å². The second-order valence-corrected chi connectivity index (χ2v) is 9.16. The highest BCUT2D eigenvalue weighted by Gasteiger charge is 2.06. The molecule has 0 heterocycles. The number of benzene rings is 4. The smallest absolute Gasteiger partial charge is 0.00254 e. The summed E-state index contributed by atoms with van der Waals surface area (Å²) in [6.07, 6.45) is 2.95. The average molecular weight is 405 g/mol. The first-order chi connectivity index (χ1) is 14.9. The van der Waals surface area contributed by atoms with Gasteiger partial charge < -0.3 is 0 Å². The molecular formula is C31H32. The quantitative estimate of drug-likeness (QED) is 0.309. The summed E-state index contributed by atoms with van der Waals surface area (Å²) in [5.74, 6) is 0. The average Bonchev–Trinajstić information content (AvgIpc) is 2.67. The maximum atomic E-state index is 2.39. The van der Waals surface area contributed by atoms with Crippen LogP contribution in [0.4, 0.5) is 0 Å².